The smallest absolute Gasteiger partial charge is 0.0138 e. The second-order valence-corrected chi connectivity index (χ2v) is 4.46. The summed E-state index contributed by atoms with van der Waals surface area (Å²) in [6.07, 6.45) is 5.45. The molecule has 2 atom stereocenters. The fourth-order valence-corrected chi connectivity index (χ4v) is 2.46. The molecule has 0 saturated carbocycles. The zero-order valence-corrected chi connectivity index (χ0v) is 11.2. The average molecular weight is 231 g/mol. The molecular weight excluding hydrogens is 206 g/mol. The van der Waals surface area contributed by atoms with Gasteiger partial charge in [-0.1, -0.05) is 50.3 Å². The third-order valence-corrected chi connectivity index (χ3v) is 3.30. The number of likely N-dealkylation sites (N-methyl/N-ethyl adjacent to an activating group) is 1. The van der Waals surface area contributed by atoms with Crippen molar-refractivity contribution in [2.24, 2.45) is 0 Å². The Bertz CT molecular complexity index is 305. The Hall–Kier alpha value is -1.08. The monoisotopic (exact) mass is 231 g/mol. The van der Waals surface area contributed by atoms with Crippen molar-refractivity contribution in [1.82, 2.24) is 5.32 Å². The quantitative estimate of drug-likeness (QED) is 0.663. The van der Waals surface area contributed by atoms with Crippen molar-refractivity contribution >= 4 is 0 Å². The molecule has 17 heavy (non-hydrogen) atoms. The van der Waals surface area contributed by atoms with Crippen molar-refractivity contribution in [3.05, 3.63) is 48.6 Å². The SMILES string of the molecule is C=CCCC(NCC)C(CC)c1ccccc1. The Morgan fingerprint density at radius 2 is 1.94 bits per heavy atom. The van der Waals surface area contributed by atoms with Crippen LogP contribution in [0.4, 0.5) is 0 Å². The lowest BCUT2D eigenvalue weighted by Gasteiger charge is -2.27. The third-order valence-electron chi connectivity index (χ3n) is 3.30. The lowest BCUT2D eigenvalue weighted by atomic mass is 9.86. The van der Waals surface area contributed by atoms with E-state index in [1.165, 1.54) is 18.4 Å². The van der Waals surface area contributed by atoms with Crippen molar-refractivity contribution in [1.29, 1.82) is 0 Å². The van der Waals surface area contributed by atoms with Crippen LogP contribution in [-0.2, 0) is 0 Å². The van der Waals surface area contributed by atoms with E-state index in [0.29, 0.717) is 12.0 Å². The van der Waals surface area contributed by atoms with Gasteiger partial charge in [0.1, 0.15) is 0 Å². The van der Waals surface area contributed by atoms with Gasteiger partial charge in [0.2, 0.25) is 0 Å². The second kappa shape index (κ2) is 8.08. The highest BCUT2D eigenvalue weighted by atomic mass is 14.9. The van der Waals surface area contributed by atoms with E-state index < -0.39 is 0 Å². The van der Waals surface area contributed by atoms with Gasteiger partial charge in [0, 0.05) is 6.04 Å². The summed E-state index contributed by atoms with van der Waals surface area (Å²) in [6, 6.07) is 11.4. The van der Waals surface area contributed by atoms with Crippen molar-refractivity contribution in [2.75, 3.05) is 6.54 Å². The molecule has 2 unspecified atom stereocenters. The first kappa shape index (κ1) is 14.0. The fraction of sp³-hybridized carbons (Fsp3) is 0.500. The first-order valence-corrected chi connectivity index (χ1v) is 6.72. The molecule has 0 aliphatic heterocycles. The summed E-state index contributed by atoms with van der Waals surface area (Å²) < 4.78 is 0. The van der Waals surface area contributed by atoms with E-state index in [1.54, 1.807) is 0 Å². The van der Waals surface area contributed by atoms with Crippen LogP contribution in [0.5, 0.6) is 0 Å². The van der Waals surface area contributed by atoms with Gasteiger partial charge in [-0.05, 0) is 37.3 Å². The average Bonchev–Trinajstić information content (AvgIpc) is 2.38. The van der Waals surface area contributed by atoms with Gasteiger partial charge in [-0.15, -0.1) is 6.58 Å². The van der Waals surface area contributed by atoms with Crippen LogP contribution in [-0.4, -0.2) is 12.6 Å². The van der Waals surface area contributed by atoms with Crippen molar-refractivity contribution in [3.8, 4) is 0 Å². The zero-order chi connectivity index (χ0) is 12.5. The topological polar surface area (TPSA) is 12.0 Å². The standard InChI is InChI=1S/C16H25N/c1-4-7-13-16(17-6-3)15(5-2)14-11-9-8-10-12-14/h4,8-12,15-17H,1,5-7,13H2,2-3H3. The maximum absolute atomic E-state index is 3.82. The maximum atomic E-state index is 3.82. The second-order valence-electron chi connectivity index (χ2n) is 4.46. The Kier molecular flexibility index (Phi) is 6.64. The summed E-state index contributed by atoms with van der Waals surface area (Å²) in [5, 5.41) is 3.62. The molecule has 1 aromatic rings. The van der Waals surface area contributed by atoms with Crippen LogP contribution < -0.4 is 5.32 Å². The molecule has 0 heterocycles. The first-order chi connectivity index (χ1) is 8.33. The molecule has 1 nitrogen and oxygen atoms in total. The van der Waals surface area contributed by atoms with Gasteiger partial charge in [-0.25, -0.2) is 0 Å². The molecule has 1 heteroatoms. The van der Waals surface area contributed by atoms with Crippen LogP contribution in [0.25, 0.3) is 0 Å². The van der Waals surface area contributed by atoms with Crippen LogP contribution >= 0.6 is 0 Å². The molecule has 0 aromatic heterocycles. The Morgan fingerprint density at radius 3 is 2.47 bits per heavy atom. The van der Waals surface area contributed by atoms with Crippen molar-refractivity contribution < 1.29 is 0 Å². The molecule has 1 N–H and O–H groups in total. The minimum atomic E-state index is 0.561. The van der Waals surface area contributed by atoms with E-state index in [1.807, 2.05) is 6.08 Å². The minimum Gasteiger partial charge on any atom is -0.314 e. The largest absolute Gasteiger partial charge is 0.314 e. The van der Waals surface area contributed by atoms with Gasteiger partial charge >= 0.3 is 0 Å². The highest BCUT2D eigenvalue weighted by molar-refractivity contribution is 5.21. The van der Waals surface area contributed by atoms with E-state index >= 15 is 0 Å². The Labute approximate surface area is 106 Å². The molecule has 0 fully saturated rings. The van der Waals surface area contributed by atoms with Gasteiger partial charge in [-0.3, -0.25) is 0 Å². The van der Waals surface area contributed by atoms with Crippen LogP contribution in [0.2, 0.25) is 0 Å². The van der Waals surface area contributed by atoms with Gasteiger partial charge in [0.25, 0.3) is 0 Å². The maximum Gasteiger partial charge on any atom is 0.0138 e. The number of hydrogen-bond acceptors (Lipinski definition) is 1. The Balaban J connectivity index is 2.77. The predicted octanol–water partition coefficient (Wildman–Crippen LogP) is 4.12. The highest BCUT2D eigenvalue weighted by Crippen LogP contribution is 2.25. The molecule has 0 aliphatic rings. The van der Waals surface area contributed by atoms with E-state index in [9.17, 15) is 0 Å². The van der Waals surface area contributed by atoms with Crippen molar-refractivity contribution in [3.63, 3.8) is 0 Å². The van der Waals surface area contributed by atoms with Crippen LogP contribution in [0.3, 0.4) is 0 Å². The van der Waals surface area contributed by atoms with E-state index in [-0.39, 0.29) is 0 Å². The van der Waals surface area contributed by atoms with Gasteiger partial charge in [0.05, 0.1) is 0 Å². The lowest BCUT2D eigenvalue weighted by Crippen LogP contribution is -2.34. The summed E-state index contributed by atoms with van der Waals surface area (Å²) in [7, 11) is 0. The number of allylic oxidation sites excluding steroid dienone is 1. The summed E-state index contributed by atoms with van der Waals surface area (Å²) in [6.45, 7) is 9.31. The molecule has 1 rings (SSSR count). The number of benzene rings is 1. The normalized spacial score (nSPS) is 14.2. The summed E-state index contributed by atoms with van der Waals surface area (Å²) in [5.41, 5.74) is 1.45. The lowest BCUT2D eigenvalue weighted by molar-refractivity contribution is 0.409. The number of nitrogens with one attached hydrogen (secondary N) is 1. The molecule has 1 aromatic carbocycles. The molecule has 94 valence electrons. The predicted molar refractivity (Wildman–Crippen MR) is 76.4 cm³/mol. The molecule has 0 saturated heterocycles. The highest BCUT2D eigenvalue weighted by Gasteiger charge is 2.19. The van der Waals surface area contributed by atoms with E-state index in [0.717, 1.165) is 13.0 Å². The zero-order valence-electron chi connectivity index (χ0n) is 11.2. The fourth-order valence-electron chi connectivity index (χ4n) is 2.46. The van der Waals surface area contributed by atoms with Crippen LogP contribution in [0.1, 0.15) is 44.6 Å². The molecule has 0 radical (unpaired) electrons. The molecule has 0 aliphatic carbocycles. The molecular formula is C16H25N. The number of rotatable bonds is 8. The van der Waals surface area contributed by atoms with E-state index in [2.05, 4.69) is 56.1 Å². The Morgan fingerprint density at radius 1 is 1.24 bits per heavy atom. The van der Waals surface area contributed by atoms with Crippen molar-refractivity contribution in [2.45, 2.75) is 45.1 Å². The van der Waals surface area contributed by atoms with Crippen LogP contribution in [0, 0.1) is 0 Å². The summed E-state index contributed by atoms with van der Waals surface area (Å²) in [4.78, 5) is 0. The van der Waals surface area contributed by atoms with Crippen LogP contribution in [0.15, 0.2) is 43.0 Å². The van der Waals surface area contributed by atoms with Gasteiger partial charge in [-0.2, -0.15) is 0 Å². The third kappa shape index (κ3) is 4.35. The summed E-state index contributed by atoms with van der Waals surface area (Å²) >= 11 is 0. The first-order valence-electron chi connectivity index (χ1n) is 6.72. The molecule has 0 bridgehead atoms. The molecule has 0 spiro atoms. The number of hydrogen-bond donors (Lipinski definition) is 1. The van der Waals surface area contributed by atoms with Gasteiger partial charge < -0.3 is 5.32 Å². The van der Waals surface area contributed by atoms with E-state index in [4.69, 9.17) is 0 Å². The molecule has 0 amide bonds. The minimum absolute atomic E-state index is 0.561. The summed E-state index contributed by atoms with van der Waals surface area (Å²) in [5.74, 6) is 0.607. The van der Waals surface area contributed by atoms with Gasteiger partial charge in [0.15, 0.2) is 0 Å².